The van der Waals surface area contributed by atoms with Crippen molar-refractivity contribution >= 4 is 23.4 Å². The molecule has 0 unspecified atom stereocenters. The van der Waals surface area contributed by atoms with Crippen LogP contribution in [0.1, 0.15) is 33.5 Å². The van der Waals surface area contributed by atoms with Gasteiger partial charge in [0.25, 0.3) is 5.91 Å². The molecule has 0 atom stereocenters. The van der Waals surface area contributed by atoms with Crippen LogP contribution in [0.3, 0.4) is 0 Å². The molecule has 3 rings (SSSR count). The highest BCUT2D eigenvalue weighted by Crippen LogP contribution is 2.10. The summed E-state index contributed by atoms with van der Waals surface area (Å²) < 4.78 is 5.77. The Hall–Kier alpha value is -3.15. The minimum absolute atomic E-state index is 0.123. The van der Waals surface area contributed by atoms with E-state index < -0.39 is 0 Å². The Morgan fingerprint density at radius 1 is 0.774 bits per heavy atom. The van der Waals surface area contributed by atoms with Crippen LogP contribution in [-0.2, 0) is 29.3 Å². The number of ether oxygens (including phenoxy) is 1. The number of carbonyl (C=O) groups excluding carboxylic acids is 2. The van der Waals surface area contributed by atoms with E-state index >= 15 is 0 Å². The van der Waals surface area contributed by atoms with E-state index in [0.717, 1.165) is 16.7 Å². The molecule has 0 saturated carbocycles. The van der Waals surface area contributed by atoms with Crippen LogP contribution in [0.5, 0.6) is 0 Å². The molecule has 0 radical (unpaired) electrons. The summed E-state index contributed by atoms with van der Waals surface area (Å²) in [5.74, 6) is -0.352. The first-order valence-corrected chi connectivity index (χ1v) is 10.5. The third kappa shape index (κ3) is 7.89. The first-order chi connectivity index (χ1) is 15.1. The van der Waals surface area contributed by atoms with Crippen molar-refractivity contribution in [1.82, 2.24) is 10.6 Å². The Labute approximate surface area is 187 Å². The van der Waals surface area contributed by atoms with Gasteiger partial charge in [-0.15, -0.1) is 0 Å². The van der Waals surface area contributed by atoms with Crippen LogP contribution in [-0.4, -0.2) is 18.4 Å². The second kappa shape index (κ2) is 11.9. The minimum atomic E-state index is -0.229. The van der Waals surface area contributed by atoms with Gasteiger partial charge in [-0.1, -0.05) is 66.2 Å². The molecular weight excluding hydrogens is 412 g/mol. The smallest absolute Gasteiger partial charge is 0.251 e. The Bertz CT molecular complexity index is 991. The highest BCUT2D eigenvalue weighted by molar-refractivity contribution is 6.30. The first kappa shape index (κ1) is 22.5. The maximum atomic E-state index is 12.1. The van der Waals surface area contributed by atoms with Crippen molar-refractivity contribution < 1.29 is 14.3 Å². The van der Waals surface area contributed by atoms with Crippen LogP contribution in [0.15, 0.2) is 78.9 Å². The molecule has 0 aromatic heterocycles. The van der Waals surface area contributed by atoms with E-state index in [1.165, 1.54) is 0 Å². The van der Waals surface area contributed by atoms with Gasteiger partial charge < -0.3 is 15.4 Å². The maximum Gasteiger partial charge on any atom is 0.251 e. The summed E-state index contributed by atoms with van der Waals surface area (Å²) in [7, 11) is 0. The molecule has 2 N–H and O–H groups in total. The van der Waals surface area contributed by atoms with Crippen molar-refractivity contribution in [2.45, 2.75) is 26.2 Å². The molecule has 0 spiro atoms. The number of rotatable bonds is 10. The van der Waals surface area contributed by atoms with E-state index in [0.29, 0.717) is 30.3 Å². The van der Waals surface area contributed by atoms with Crippen molar-refractivity contribution in [2.24, 2.45) is 0 Å². The normalized spacial score (nSPS) is 10.5. The van der Waals surface area contributed by atoms with E-state index in [-0.39, 0.29) is 24.8 Å². The minimum Gasteiger partial charge on any atom is -0.372 e. The lowest BCUT2D eigenvalue weighted by molar-refractivity contribution is -0.121. The zero-order valence-electron chi connectivity index (χ0n) is 17.1. The van der Waals surface area contributed by atoms with Crippen molar-refractivity contribution in [3.8, 4) is 0 Å². The Kier molecular flexibility index (Phi) is 8.64. The number of halogens is 1. The van der Waals surface area contributed by atoms with Crippen molar-refractivity contribution in [1.29, 1.82) is 0 Å². The van der Waals surface area contributed by atoms with Gasteiger partial charge in [0.05, 0.1) is 13.2 Å². The Morgan fingerprint density at radius 3 is 2.23 bits per heavy atom. The van der Waals surface area contributed by atoms with E-state index in [1.807, 2.05) is 54.6 Å². The molecule has 0 fully saturated rings. The standard InChI is InChI=1S/C25H25ClN2O3/c26-23-11-9-22(10-12-23)25(30)27-14-13-24(29)28-16-20-7-4-8-21(15-20)18-31-17-19-5-2-1-3-6-19/h1-12,15H,13-14,16-18H2,(H,27,30)(H,28,29). The number of hydrogen-bond acceptors (Lipinski definition) is 3. The fraction of sp³-hybridized carbons (Fsp3) is 0.200. The molecule has 31 heavy (non-hydrogen) atoms. The number of nitrogens with one attached hydrogen (secondary N) is 2. The van der Waals surface area contributed by atoms with Gasteiger partial charge in [-0.3, -0.25) is 9.59 Å². The van der Waals surface area contributed by atoms with Gasteiger partial charge in [-0.25, -0.2) is 0 Å². The maximum absolute atomic E-state index is 12.1. The summed E-state index contributed by atoms with van der Waals surface area (Å²) in [6.07, 6.45) is 0.208. The lowest BCUT2D eigenvalue weighted by Gasteiger charge is -2.09. The molecule has 0 bridgehead atoms. The van der Waals surface area contributed by atoms with Gasteiger partial charge in [-0.2, -0.15) is 0 Å². The molecule has 0 aliphatic rings. The van der Waals surface area contributed by atoms with Gasteiger partial charge in [0.2, 0.25) is 5.91 Å². The molecule has 5 nitrogen and oxygen atoms in total. The largest absolute Gasteiger partial charge is 0.372 e. The quantitative estimate of drug-likeness (QED) is 0.492. The average molecular weight is 437 g/mol. The number of hydrogen-bond donors (Lipinski definition) is 2. The summed E-state index contributed by atoms with van der Waals surface area (Å²) in [5.41, 5.74) is 3.70. The van der Waals surface area contributed by atoms with E-state index in [1.54, 1.807) is 24.3 Å². The third-order valence-corrected chi connectivity index (χ3v) is 4.86. The topological polar surface area (TPSA) is 67.4 Å². The third-order valence-electron chi connectivity index (χ3n) is 4.61. The summed E-state index contributed by atoms with van der Waals surface area (Å²) in [6.45, 7) is 1.76. The molecule has 3 aromatic carbocycles. The second-order valence-electron chi connectivity index (χ2n) is 7.09. The fourth-order valence-electron chi connectivity index (χ4n) is 2.97. The van der Waals surface area contributed by atoms with Crippen LogP contribution >= 0.6 is 11.6 Å². The predicted octanol–water partition coefficient (Wildman–Crippen LogP) is 4.49. The van der Waals surface area contributed by atoms with Gasteiger partial charge in [0.1, 0.15) is 0 Å². The molecular formula is C25H25ClN2O3. The highest BCUT2D eigenvalue weighted by atomic mass is 35.5. The molecule has 0 saturated heterocycles. The zero-order valence-corrected chi connectivity index (χ0v) is 17.9. The molecule has 6 heteroatoms. The number of benzene rings is 3. The van der Waals surface area contributed by atoms with Crippen molar-refractivity contribution in [3.63, 3.8) is 0 Å². The molecule has 2 amide bonds. The van der Waals surface area contributed by atoms with Crippen LogP contribution in [0.2, 0.25) is 5.02 Å². The van der Waals surface area contributed by atoms with Crippen molar-refractivity contribution in [2.75, 3.05) is 6.54 Å². The summed E-state index contributed by atoms with van der Waals surface area (Å²) in [5, 5.41) is 6.19. The SMILES string of the molecule is O=C(CCNC(=O)c1ccc(Cl)cc1)NCc1cccc(COCc2ccccc2)c1. The fourth-order valence-corrected chi connectivity index (χ4v) is 3.10. The lowest BCUT2D eigenvalue weighted by Crippen LogP contribution is -2.30. The second-order valence-corrected chi connectivity index (χ2v) is 7.52. The van der Waals surface area contributed by atoms with E-state index in [2.05, 4.69) is 10.6 Å². The summed E-state index contributed by atoms with van der Waals surface area (Å²) in [4.78, 5) is 24.1. The van der Waals surface area contributed by atoms with E-state index in [4.69, 9.17) is 16.3 Å². The molecule has 160 valence electrons. The summed E-state index contributed by atoms with van der Waals surface area (Å²) in [6, 6.07) is 24.6. The van der Waals surface area contributed by atoms with Gasteiger partial charge in [0, 0.05) is 30.1 Å². The zero-order chi connectivity index (χ0) is 21.9. The van der Waals surface area contributed by atoms with Crippen LogP contribution in [0.4, 0.5) is 0 Å². The predicted molar refractivity (Wildman–Crippen MR) is 122 cm³/mol. The number of amides is 2. The monoisotopic (exact) mass is 436 g/mol. The van der Waals surface area contributed by atoms with Gasteiger partial charge in [-0.05, 0) is 41.0 Å². The van der Waals surface area contributed by atoms with Crippen LogP contribution in [0.25, 0.3) is 0 Å². The summed E-state index contributed by atoms with van der Waals surface area (Å²) >= 11 is 5.82. The molecule has 0 aliphatic carbocycles. The Morgan fingerprint density at radius 2 is 1.45 bits per heavy atom. The van der Waals surface area contributed by atoms with Gasteiger partial charge >= 0.3 is 0 Å². The van der Waals surface area contributed by atoms with Crippen LogP contribution in [0, 0.1) is 0 Å². The molecule has 0 aliphatic heterocycles. The van der Waals surface area contributed by atoms with Crippen molar-refractivity contribution in [3.05, 3.63) is 106 Å². The Balaban J connectivity index is 1.36. The first-order valence-electron chi connectivity index (χ1n) is 10.1. The van der Waals surface area contributed by atoms with Gasteiger partial charge in [0.15, 0.2) is 0 Å². The van der Waals surface area contributed by atoms with E-state index in [9.17, 15) is 9.59 Å². The molecule has 3 aromatic rings. The van der Waals surface area contributed by atoms with Crippen LogP contribution < -0.4 is 10.6 Å². The highest BCUT2D eigenvalue weighted by Gasteiger charge is 2.07. The molecule has 0 heterocycles. The average Bonchev–Trinajstić information content (AvgIpc) is 2.79. The number of carbonyl (C=O) groups is 2. The lowest BCUT2D eigenvalue weighted by atomic mass is 10.1.